The minimum atomic E-state index is 0.243. The zero-order chi connectivity index (χ0) is 18.1. The second kappa shape index (κ2) is 10.4. The van der Waals surface area contributed by atoms with Crippen LogP contribution in [0.25, 0.3) is 0 Å². The van der Waals surface area contributed by atoms with Crippen LogP contribution in [0.3, 0.4) is 0 Å². The fourth-order valence-electron chi connectivity index (χ4n) is 3.13. The number of rotatable bonds is 7. The smallest absolute Gasteiger partial charge is 0.191 e. The summed E-state index contributed by atoms with van der Waals surface area (Å²) in [6.45, 7) is 14.1. The summed E-state index contributed by atoms with van der Waals surface area (Å²) in [5, 5.41) is 6.88. The third-order valence-corrected chi connectivity index (χ3v) is 4.72. The Morgan fingerprint density at radius 1 is 1.12 bits per heavy atom. The van der Waals surface area contributed by atoms with E-state index >= 15 is 0 Å². The predicted molar refractivity (Wildman–Crippen MR) is 107 cm³/mol. The maximum atomic E-state index is 4.82. The van der Waals surface area contributed by atoms with Gasteiger partial charge in [-0.3, -0.25) is 4.99 Å². The number of piperazine rings is 1. The highest BCUT2D eigenvalue weighted by Crippen LogP contribution is 2.11. The Balaban J connectivity index is 1.83. The van der Waals surface area contributed by atoms with Crippen LogP contribution in [0.15, 0.2) is 35.3 Å². The van der Waals surface area contributed by atoms with Gasteiger partial charge in [-0.05, 0) is 32.4 Å². The molecule has 1 aromatic carbocycles. The first kappa shape index (κ1) is 19.7. The second-order valence-electron chi connectivity index (χ2n) is 7.21. The van der Waals surface area contributed by atoms with Gasteiger partial charge >= 0.3 is 0 Å². The highest BCUT2D eigenvalue weighted by Gasteiger charge is 2.16. The molecule has 1 heterocycles. The van der Waals surface area contributed by atoms with E-state index < -0.39 is 0 Å². The summed E-state index contributed by atoms with van der Waals surface area (Å²) in [4.78, 5) is 9.78. The summed E-state index contributed by atoms with van der Waals surface area (Å²) in [7, 11) is 2.20. The molecule has 1 fully saturated rings. The Hall–Kier alpha value is -1.59. The molecule has 1 aliphatic rings. The molecule has 0 spiro atoms. The quantitative estimate of drug-likeness (QED) is 0.587. The average Bonchev–Trinajstić information content (AvgIpc) is 2.62. The normalized spacial score (nSPS) is 19.4. The molecule has 25 heavy (non-hydrogen) atoms. The van der Waals surface area contributed by atoms with Gasteiger partial charge in [0.25, 0.3) is 0 Å². The van der Waals surface area contributed by atoms with Crippen molar-refractivity contribution in [2.24, 2.45) is 10.9 Å². The average molecular weight is 346 g/mol. The Morgan fingerprint density at radius 3 is 2.44 bits per heavy atom. The van der Waals surface area contributed by atoms with Crippen molar-refractivity contribution in [1.82, 2.24) is 20.4 Å². The van der Waals surface area contributed by atoms with Crippen LogP contribution in [0.1, 0.15) is 32.4 Å². The summed E-state index contributed by atoms with van der Waals surface area (Å²) in [6, 6.07) is 10.8. The largest absolute Gasteiger partial charge is 0.357 e. The molecule has 2 rings (SSSR count). The van der Waals surface area contributed by atoms with E-state index in [1.165, 1.54) is 31.7 Å². The summed E-state index contributed by atoms with van der Waals surface area (Å²) in [5.41, 5.74) is 1.28. The van der Waals surface area contributed by atoms with Crippen LogP contribution in [0.2, 0.25) is 0 Å². The maximum absolute atomic E-state index is 4.82. The Labute approximate surface area is 153 Å². The third-order valence-electron chi connectivity index (χ3n) is 4.72. The zero-order valence-corrected chi connectivity index (χ0v) is 16.3. The molecule has 0 radical (unpaired) electrons. The van der Waals surface area contributed by atoms with E-state index in [0.29, 0.717) is 5.92 Å². The molecule has 5 nitrogen and oxygen atoms in total. The van der Waals surface area contributed by atoms with E-state index in [0.717, 1.165) is 25.6 Å². The number of benzene rings is 1. The van der Waals surface area contributed by atoms with Gasteiger partial charge in [0.2, 0.25) is 0 Å². The molecule has 2 unspecified atom stereocenters. The van der Waals surface area contributed by atoms with Crippen LogP contribution < -0.4 is 10.6 Å². The number of nitrogens with one attached hydrogen (secondary N) is 2. The highest BCUT2D eigenvalue weighted by atomic mass is 15.2. The monoisotopic (exact) mass is 345 g/mol. The van der Waals surface area contributed by atoms with E-state index in [1.807, 2.05) is 0 Å². The first-order chi connectivity index (χ1) is 12.1. The molecule has 2 atom stereocenters. The number of aliphatic imine (C=N–C) groups is 1. The lowest BCUT2D eigenvalue weighted by atomic mass is 10.1. The summed E-state index contributed by atoms with van der Waals surface area (Å²) >= 11 is 0. The molecular formula is C20H35N5. The predicted octanol–water partition coefficient (Wildman–Crippen LogP) is 2.19. The first-order valence-corrected chi connectivity index (χ1v) is 9.59. The topological polar surface area (TPSA) is 42.9 Å². The van der Waals surface area contributed by atoms with Crippen molar-refractivity contribution in [2.75, 3.05) is 52.9 Å². The summed E-state index contributed by atoms with van der Waals surface area (Å²) in [6.07, 6.45) is 0. The van der Waals surface area contributed by atoms with Crippen molar-refractivity contribution in [3.8, 4) is 0 Å². The lowest BCUT2D eigenvalue weighted by molar-refractivity contribution is 0.140. The van der Waals surface area contributed by atoms with Crippen LogP contribution in [-0.2, 0) is 0 Å². The number of nitrogens with zero attached hydrogens (tertiary/aromatic N) is 3. The van der Waals surface area contributed by atoms with Crippen molar-refractivity contribution in [2.45, 2.75) is 26.8 Å². The van der Waals surface area contributed by atoms with Crippen LogP contribution in [0.5, 0.6) is 0 Å². The molecule has 2 N–H and O–H groups in total. The highest BCUT2D eigenvalue weighted by molar-refractivity contribution is 5.80. The van der Waals surface area contributed by atoms with Gasteiger partial charge in [-0.15, -0.1) is 0 Å². The molecule has 140 valence electrons. The molecule has 0 bridgehead atoms. The zero-order valence-electron chi connectivity index (χ0n) is 16.3. The van der Waals surface area contributed by atoms with Gasteiger partial charge in [0.1, 0.15) is 0 Å². The molecule has 0 saturated carbocycles. The van der Waals surface area contributed by atoms with Gasteiger partial charge in [-0.2, -0.15) is 0 Å². The van der Waals surface area contributed by atoms with Gasteiger partial charge in [0.05, 0.1) is 6.04 Å². The fraction of sp³-hybridized carbons (Fsp3) is 0.650. The van der Waals surface area contributed by atoms with Crippen molar-refractivity contribution in [1.29, 1.82) is 0 Å². The number of guanidine groups is 1. The molecule has 1 aromatic rings. The Morgan fingerprint density at radius 2 is 1.80 bits per heavy atom. The second-order valence-corrected chi connectivity index (χ2v) is 7.21. The standard InChI is InChI=1S/C20H35N5/c1-5-21-20(23-18(3)19-9-7-6-8-10-19)22-15-17(2)16-25-13-11-24(4)12-14-25/h6-10,17-18H,5,11-16H2,1-4H3,(H2,21,22,23). The number of hydrogen-bond donors (Lipinski definition) is 2. The molecule has 1 aliphatic heterocycles. The Bertz CT molecular complexity index is 508. The van der Waals surface area contributed by atoms with Crippen molar-refractivity contribution < 1.29 is 0 Å². The number of hydrogen-bond acceptors (Lipinski definition) is 3. The van der Waals surface area contributed by atoms with Crippen LogP contribution in [0.4, 0.5) is 0 Å². The molecule has 0 aromatic heterocycles. The lowest BCUT2D eigenvalue weighted by Crippen LogP contribution is -2.46. The summed E-state index contributed by atoms with van der Waals surface area (Å²) < 4.78 is 0. The third kappa shape index (κ3) is 7.04. The van der Waals surface area contributed by atoms with E-state index in [4.69, 9.17) is 4.99 Å². The van der Waals surface area contributed by atoms with Crippen LogP contribution in [0, 0.1) is 5.92 Å². The van der Waals surface area contributed by atoms with Gasteiger partial charge in [-0.25, -0.2) is 0 Å². The molecule has 0 aliphatic carbocycles. The van der Waals surface area contributed by atoms with Gasteiger partial charge < -0.3 is 20.4 Å². The van der Waals surface area contributed by atoms with E-state index in [-0.39, 0.29) is 6.04 Å². The van der Waals surface area contributed by atoms with Crippen LogP contribution in [-0.4, -0.2) is 68.6 Å². The summed E-state index contributed by atoms with van der Waals surface area (Å²) in [5.74, 6) is 1.47. The molecule has 0 amide bonds. The van der Waals surface area contributed by atoms with E-state index in [2.05, 4.69) is 78.6 Å². The molecule has 1 saturated heterocycles. The Kier molecular flexibility index (Phi) is 8.22. The first-order valence-electron chi connectivity index (χ1n) is 9.59. The fourth-order valence-corrected chi connectivity index (χ4v) is 3.13. The number of likely N-dealkylation sites (N-methyl/N-ethyl adjacent to an activating group) is 1. The lowest BCUT2D eigenvalue weighted by Gasteiger charge is -2.33. The molecule has 5 heteroatoms. The SMILES string of the molecule is CCNC(=NCC(C)CN1CCN(C)CC1)NC(C)c1ccccc1. The minimum absolute atomic E-state index is 0.243. The molecular weight excluding hydrogens is 310 g/mol. The van der Waals surface area contributed by atoms with Gasteiger partial charge in [0, 0.05) is 45.8 Å². The van der Waals surface area contributed by atoms with Crippen LogP contribution >= 0.6 is 0 Å². The van der Waals surface area contributed by atoms with Crippen molar-refractivity contribution in [3.63, 3.8) is 0 Å². The minimum Gasteiger partial charge on any atom is -0.357 e. The van der Waals surface area contributed by atoms with Crippen molar-refractivity contribution in [3.05, 3.63) is 35.9 Å². The van der Waals surface area contributed by atoms with Gasteiger partial charge in [0.15, 0.2) is 5.96 Å². The maximum Gasteiger partial charge on any atom is 0.191 e. The van der Waals surface area contributed by atoms with E-state index in [9.17, 15) is 0 Å². The van der Waals surface area contributed by atoms with Gasteiger partial charge in [-0.1, -0.05) is 37.3 Å². The van der Waals surface area contributed by atoms with Crippen molar-refractivity contribution >= 4 is 5.96 Å². The van der Waals surface area contributed by atoms with E-state index in [1.54, 1.807) is 0 Å².